The Balaban J connectivity index is 2.32. The predicted molar refractivity (Wildman–Crippen MR) is 61.7 cm³/mol. The Morgan fingerprint density at radius 1 is 1.14 bits per heavy atom. The Morgan fingerprint density at radius 2 is 1.93 bits per heavy atom. The number of para-hydroxylation sites is 2. The summed E-state index contributed by atoms with van der Waals surface area (Å²) >= 11 is 3.41. The lowest BCUT2D eigenvalue weighted by atomic mass is 10.2. The van der Waals surface area contributed by atoms with Crippen molar-refractivity contribution < 1.29 is 0 Å². The maximum absolute atomic E-state index is 4.53. The smallest absolute Gasteiger partial charge is 0.0890 e. The third-order valence-electron chi connectivity index (χ3n) is 2.06. The van der Waals surface area contributed by atoms with E-state index in [1.165, 1.54) is 0 Å². The summed E-state index contributed by atoms with van der Waals surface area (Å²) < 4.78 is 0. The zero-order valence-corrected chi connectivity index (χ0v) is 9.37. The SMILES string of the molecule is BrCCCc1cnc2ccccc2n1. The Bertz CT molecular complexity index is 428. The van der Waals surface area contributed by atoms with Gasteiger partial charge in [-0.05, 0) is 25.0 Å². The topological polar surface area (TPSA) is 25.8 Å². The summed E-state index contributed by atoms with van der Waals surface area (Å²) in [6.45, 7) is 0. The molecule has 0 aliphatic rings. The summed E-state index contributed by atoms with van der Waals surface area (Å²) in [5, 5.41) is 1.02. The van der Waals surface area contributed by atoms with Crippen molar-refractivity contribution in [3.8, 4) is 0 Å². The van der Waals surface area contributed by atoms with E-state index in [0.717, 1.165) is 34.9 Å². The van der Waals surface area contributed by atoms with Gasteiger partial charge in [-0.15, -0.1) is 0 Å². The van der Waals surface area contributed by atoms with E-state index in [9.17, 15) is 0 Å². The minimum Gasteiger partial charge on any atom is -0.253 e. The van der Waals surface area contributed by atoms with Gasteiger partial charge >= 0.3 is 0 Å². The molecule has 0 bridgehead atoms. The van der Waals surface area contributed by atoms with Gasteiger partial charge < -0.3 is 0 Å². The van der Waals surface area contributed by atoms with Crippen LogP contribution in [-0.2, 0) is 6.42 Å². The number of aryl methyl sites for hydroxylation is 1. The van der Waals surface area contributed by atoms with Gasteiger partial charge in [-0.2, -0.15) is 0 Å². The fourth-order valence-electron chi connectivity index (χ4n) is 1.36. The van der Waals surface area contributed by atoms with Gasteiger partial charge in [0.2, 0.25) is 0 Å². The number of hydrogen-bond donors (Lipinski definition) is 0. The maximum atomic E-state index is 4.53. The number of halogens is 1. The summed E-state index contributed by atoms with van der Waals surface area (Å²) in [4.78, 5) is 8.89. The molecule has 0 atom stereocenters. The molecule has 0 saturated carbocycles. The van der Waals surface area contributed by atoms with Crippen molar-refractivity contribution in [2.45, 2.75) is 12.8 Å². The van der Waals surface area contributed by atoms with Crippen LogP contribution in [0.1, 0.15) is 12.1 Å². The molecule has 0 fully saturated rings. The Labute approximate surface area is 91.5 Å². The molecule has 2 aromatic rings. The summed E-state index contributed by atoms with van der Waals surface area (Å²) in [5.41, 5.74) is 3.03. The van der Waals surface area contributed by atoms with Crippen molar-refractivity contribution in [1.29, 1.82) is 0 Å². The minimum atomic E-state index is 0.968. The molecular formula is C11H11BrN2. The average Bonchev–Trinajstić information content (AvgIpc) is 2.26. The standard InChI is InChI=1S/C11H11BrN2/c12-7-3-4-9-8-13-10-5-1-2-6-11(10)14-9/h1-2,5-6,8H,3-4,7H2. The third kappa shape index (κ3) is 2.10. The van der Waals surface area contributed by atoms with Crippen molar-refractivity contribution in [2.75, 3.05) is 5.33 Å². The average molecular weight is 251 g/mol. The maximum Gasteiger partial charge on any atom is 0.0890 e. The first-order valence-electron chi connectivity index (χ1n) is 4.67. The monoisotopic (exact) mass is 250 g/mol. The number of hydrogen-bond acceptors (Lipinski definition) is 2. The molecular weight excluding hydrogens is 240 g/mol. The van der Waals surface area contributed by atoms with Crippen molar-refractivity contribution in [1.82, 2.24) is 9.97 Å². The molecule has 2 nitrogen and oxygen atoms in total. The molecule has 0 spiro atoms. The van der Waals surface area contributed by atoms with Crippen LogP contribution in [-0.4, -0.2) is 15.3 Å². The molecule has 0 saturated heterocycles. The second-order valence-corrected chi connectivity index (χ2v) is 3.94. The fourth-order valence-corrected chi connectivity index (χ4v) is 1.64. The van der Waals surface area contributed by atoms with Gasteiger partial charge in [0, 0.05) is 11.5 Å². The highest BCUT2D eigenvalue weighted by atomic mass is 79.9. The molecule has 0 aliphatic carbocycles. The predicted octanol–water partition coefficient (Wildman–Crippen LogP) is 2.96. The van der Waals surface area contributed by atoms with E-state index >= 15 is 0 Å². The molecule has 0 amide bonds. The summed E-state index contributed by atoms with van der Waals surface area (Å²) in [7, 11) is 0. The largest absolute Gasteiger partial charge is 0.253 e. The second-order valence-electron chi connectivity index (χ2n) is 3.14. The van der Waals surface area contributed by atoms with Gasteiger partial charge in [-0.1, -0.05) is 28.1 Å². The molecule has 0 radical (unpaired) electrons. The van der Waals surface area contributed by atoms with Crippen LogP contribution >= 0.6 is 15.9 Å². The molecule has 14 heavy (non-hydrogen) atoms. The van der Waals surface area contributed by atoms with Crippen LogP contribution in [0, 0.1) is 0 Å². The third-order valence-corrected chi connectivity index (χ3v) is 2.63. The Kier molecular flexibility index (Phi) is 3.09. The summed E-state index contributed by atoms with van der Waals surface area (Å²) in [5.74, 6) is 0. The number of alkyl halides is 1. The lowest BCUT2D eigenvalue weighted by Crippen LogP contribution is -1.93. The Hall–Kier alpha value is -0.960. The molecule has 1 aromatic carbocycles. The van der Waals surface area contributed by atoms with E-state index < -0.39 is 0 Å². The molecule has 0 aliphatic heterocycles. The summed E-state index contributed by atoms with van der Waals surface area (Å²) in [6.07, 6.45) is 3.96. The number of benzene rings is 1. The van der Waals surface area contributed by atoms with Crippen LogP contribution in [0.25, 0.3) is 11.0 Å². The van der Waals surface area contributed by atoms with Crippen molar-refractivity contribution in [3.63, 3.8) is 0 Å². The molecule has 1 aromatic heterocycles. The van der Waals surface area contributed by atoms with Crippen molar-refractivity contribution >= 4 is 27.0 Å². The van der Waals surface area contributed by atoms with Gasteiger partial charge in [0.25, 0.3) is 0 Å². The zero-order valence-electron chi connectivity index (χ0n) is 7.78. The molecule has 0 N–H and O–H groups in total. The van der Waals surface area contributed by atoms with Gasteiger partial charge in [0.05, 0.1) is 16.7 Å². The highest BCUT2D eigenvalue weighted by molar-refractivity contribution is 9.09. The van der Waals surface area contributed by atoms with Gasteiger partial charge in [0.1, 0.15) is 0 Å². The number of rotatable bonds is 3. The van der Waals surface area contributed by atoms with E-state index in [1.54, 1.807) is 0 Å². The van der Waals surface area contributed by atoms with Crippen LogP contribution in [0.2, 0.25) is 0 Å². The lowest BCUT2D eigenvalue weighted by Gasteiger charge is -2.00. The number of aromatic nitrogens is 2. The first kappa shape index (κ1) is 9.59. The van der Waals surface area contributed by atoms with Crippen molar-refractivity contribution in [3.05, 3.63) is 36.2 Å². The highest BCUT2D eigenvalue weighted by Crippen LogP contribution is 2.09. The van der Waals surface area contributed by atoms with E-state index in [4.69, 9.17) is 0 Å². The molecule has 3 heteroatoms. The van der Waals surface area contributed by atoms with E-state index in [1.807, 2.05) is 30.5 Å². The molecule has 0 unspecified atom stereocenters. The number of fused-ring (bicyclic) bond motifs is 1. The van der Waals surface area contributed by atoms with E-state index in [2.05, 4.69) is 25.9 Å². The van der Waals surface area contributed by atoms with E-state index in [0.29, 0.717) is 0 Å². The van der Waals surface area contributed by atoms with Gasteiger partial charge in [0.15, 0.2) is 0 Å². The normalized spacial score (nSPS) is 10.6. The van der Waals surface area contributed by atoms with Gasteiger partial charge in [-0.25, -0.2) is 4.98 Å². The lowest BCUT2D eigenvalue weighted by molar-refractivity contribution is 0.895. The van der Waals surface area contributed by atoms with Crippen LogP contribution in [0.4, 0.5) is 0 Å². The van der Waals surface area contributed by atoms with Crippen molar-refractivity contribution in [2.24, 2.45) is 0 Å². The first-order chi connectivity index (χ1) is 6.90. The van der Waals surface area contributed by atoms with Crippen LogP contribution in [0.5, 0.6) is 0 Å². The molecule has 2 rings (SSSR count). The van der Waals surface area contributed by atoms with Crippen LogP contribution < -0.4 is 0 Å². The minimum absolute atomic E-state index is 0.968. The first-order valence-corrected chi connectivity index (χ1v) is 5.79. The highest BCUT2D eigenvalue weighted by Gasteiger charge is 1.98. The van der Waals surface area contributed by atoms with Crippen LogP contribution in [0.3, 0.4) is 0 Å². The Morgan fingerprint density at radius 3 is 2.71 bits per heavy atom. The quantitative estimate of drug-likeness (QED) is 0.784. The molecule has 72 valence electrons. The van der Waals surface area contributed by atoms with Gasteiger partial charge in [-0.3, -0.25) is 4.98 Å². The number of nitrogens with zero attached hydrogens (tertiary/aromatic N) is 2. The zero-order chi connectivity index (χ0) is 9.80. The molecule has 1 heterocycles. The summed E-state index contributed by atoms with van der Waals surface area (Å²) in [6, 6.07) is 7.96. The second kappa shape index (κ2) is 4.51. The fraction of sp³-hybridized carbons (Fsp3) is 0.273. The van der Waals surface area contributed by atoms with Crippen LogP contribution in [0.15, 0.2) is 30.5 Å². The van der Waals surface area contributed by atoms with E-state index in [-0.39, 0.29) is 0 Å².